The van der Waals surface area contributed by atoms with Gasteiger partial charge in [0.15, 0.2) is 0 Å². The van der Waals surface area contributed by atoms with Crippen molar-refractivity contribution in [3.05, 3.63) is 88.7 Å². The largest absolute Gasteiger partial charge is 0.481 e. The Morgan fingerprint density at radius 2 is 1.56 bits per heavy atom. The Morgan fingerprint density at radius 1 is 0.867 bits per heavy atom. The number of anilines is 1. The first kappa shape index (κ1) is 32.0. The smallest absolute Gasteiger partial charge is 0.303 e. The van der Waals surface area contributed by atoms with Gasteiger partial charge in [0.2, 0.25) is 5.91 Å². The number of hydrogen-bond donors (Lipinski definition) is 1. The Morgan fingerprint density at radius 3 is 2.22 bits per heavy atom. The van der Waals surface area contributed by atoms with E-state index < -0.39 is 5.97 Å². The molecule has 2 aromatic carbocycles. The summed E-state index contributed by atoms with van der Waals surface area (Å²) in [5.41, 5.74) is 5.40. The first-order chi connectivity index (χ1) is 21.8. The molecule has 2 aliphatic heterocycles. The molecule has 45 heavy (non-hydrogen) atoms. The van der Waals surface area contributed by atoms with Crippen LogP contribution in [0.4, 0.5) is 5.69 Å². The maximum absolute atomic E-state index is 14.1. The first-order valence-electron chi connectivity index (χ1n) is 16.1. The number of carboxylic acids is 1. The van der Waals surface area contributed by atoms with E-state index in [4.69, 9.17) is 9.84 Å². The van der Waals surface area contributed by atoms with Gasteiger partial charge in [0, 0.05) is 79.7 Å². The van der Waals surface area contributed by atoms with Crippen molar-refractivity contribution < 1.29 is 24.2 Å². The van der Waals surface area contributed by atoms with Gasteiger partial charge in [-0.05, 0) is 56.8 Å². The third kappa shape index (κ3) is 6.68. The molecule has 2 aromatic rings. The van der Waals surface area contributed by atoms with Gasteiger partial charge in [0.1, 0.15) is 11.5 Å². The number of likely N-dealkylation sites (N-methyl/N-ethyl adjacent to an activating group) is 1. The van der Waals surface area contributed by atoms with Crippen LogP contribution in [0.15, 0.2) is 72.0 Å². The predicted octanol–water partition coefficient (Wildman–Crippen LogP) is 5.04. The second-order valence-electron chi connectivity index (χ2n) is 11.5. The number of hydrogen-bond acceptors (Lipinski definition) is 6. The third-order valence-electron chi connectivity index (χ3n) is 9.03. The van der Waals surface area contributed by atoms with Crippen LogP contribution in [0.5, 0.6) is 5.75 Å². The van der Waals surface area contributed by atoms with Crippen LogP contribution in [0.3, 0.4) is 0 Å². The average molecular weight is 613 g/mol. The molecule has 2 amide bonds. The second-order valence-corrected chi connectivity index (χ2v) is 11.5. The molecular weight excluding hydrogens is 568 g/mol. The molecule has 5 rings (SSSR count). The van der Waals surface area contributed by atoms with Crippen LogP contribution in [0.2, 0.25) is 0 Å². The third-order valence-corrected chi connectivity index (χ3v) is 9.03. The lowest BCUT2D eigenvalue weighted by atomic mass is 9.84. The summed E-state index contributed by atoms with van der Waals surface area (Å²) in [7, 11) is 0. The number of piperazine rings is 1. The van der Waals surface area contributed by atoms with E-state index in [2.05, 4.69) is 73.9 Å². The highest BCUT2D eigenvalue weighted by Gasteiger charge is 2.32. The van der Waals surface area contributed by atoms with Gasteiger partial charge in [-0.2, -0.15) is 0 Å². The number of aliphatic carboxylic acids is 1. The number of ether oxygens (including phenoxy) is 1. The summed E-state index contributed by atoms with van der Waals surface area (Å²) in [6.07, 6.45) is 6.30. The van der Waals surface area contributed by atoms with Gasteiger partial charge >= 0.3 is 5.97 Å². The van der Waals surface area contributed by atoms with Crippen molar-refractivity contribution >= 4 is 29.0 Å². The van der Waals surface area contributed by atoms with Crippen molar-refractivity contribution in [1.29, 1.82) is 0 Å². The summed E-state index contributed by atoms with van der Waals surface area (Å²) in [6.45, 7) is 13.8. The van der Waals surface area contributed by atoms with Crippen LogP contribution < -0.4 is 9.64 Å². The highest BCUT2D eigenvalue weighted by molar-refractivity contribution is 6.03. The number of rotatable bonds is 11. The highest BCUT2D eigenvalue weighted by Crippen LogP contribution is 2.45. The van der Waals surface area contributed by atoms with Crippen LogP contribution >= 0.6 is 0 Å². The van der Waals surface area contributed by atoms with Crippen LogP contribution in [0.25, 0.3) is 5.57 Å². The fraction of sp³-hybridized carbons (Fsp3) is 0.417. The van der Waals surface area contributed by atoms with Gasteiger partial charge in [-0.15, -0.1) is 0 Å². The molecule has 9 nitrogen and oxygen atoms in total. The van der Waals surface area contributed by atoms with Crippen molar-refractivity contribution in [2.24, 2.45) is 0 Å². The number of fused-ring (bicyclic) bond motifs is 2. The van der Waals surface area contributed by atoms with E-state index in [0.717, 1.165) is 65.6 Å². The number of benzene rings is 2. The van der Waals surface area contributed by atoms with Crippen molar-refractivity contribution in [3.63, 3.8) is 0 Å². The van der Waals surface area contributed by atoms with Crippen LogP contribution in [-0.2, 0) is 9.59 Å². The minimum Gasteiger partial charge on any atom is -0.481 e. The molecular formula is C36H44N4O5. The number of carbonyl (C=O) groups excluding carboxylic acids is 2. The van der Waals surface area contributed by atoms with E-state index in [1.165, 1.54) is 0 Å². The number of carboxylic acid groups (broad SMARTS) is 1. The van der Waals surface area contributed by atoms with Crippen LogP contribution in [0.1, 0.15) is 62.0 Å². The zero-order valence-electron chi connectivity index (χ0n) is 26.8. The van der Waals surface area contributed by atoms with Gasteiger partial charge in [-0.3, -0.25) is 19.3 Å². The molecule has 1 aliphatic carbocycles. The minimum absolute atomic E-state index is 0.0288. The minimum atomic E-state index is -0.988. The average Bonchev–Trinajstić information content (AvgIpc) is 3.07. The number of allylic oxidation sites excluding steroid dienone is 1. The molecule has 1 unspecified atom stereocenters. The first-order valence-corrected chi connectivity index (χ1v) is 16.1. The highest BCUT2D eigenvalue weighted by atomic mass is 16.5. The fourth-order valence-electron chi connectivity index (χ4n) is 6.48. The summed E-state index contributed by atoms with van der Waals surface area (Å²) in [6, 6.07) is 14.2. The van der Waals surface area contributed by atoms with Crippen LogP contribution in [0, 0.1) is 0 Å². The van der Waals surface area contributed by atoms with E-state index in [0.29, 0.717) is 31.7 Å². The fourth-order valence-corrected chi connectivity index (χ4v) is 6.48. The zero-order chi connectivity index (χ0) is 32.1. The SMILES string of the molecule is CCN(CC)c1ccc2c(c1)OC1=CC(N(CC)CC)C=CC1=C2c1ccccc1C(=O)N1CCN(C(=O)CCC(=O)O)CC1. The Hall–Kier alpha value is -4.37. The maximum atomic E-state index is 14.1. The topological polar surface area (TPSA) is 93.6 Å². The molecule has 1 atom stereocenters. The van der Waals surface area contributed by atoms with Gasteiger partial charge in [-0.25, -0.2) is 0 Å². The van der Waals surface area contributed by atoms with E-state index in [1.54, 1.807) is 9.80 Å². The molecule has 2 heterocycles. The predicted molar refractivity (Wildman–Crippen MR) is 176 cm³/mol. The Kier molecular flexibility index (Phi) is 10.1. The molecule has 3 aliphatic rings. The molecule has 0 radical (unpaired) electrons. The Labute approximate surface area is 266 Å². The summed E-state index contributed by atoms with van der Waals surface area (Å²) in [4.78, 5) is 45.6. The lowest BCUT2D eigenvalue weighted by Crippen LogP contribution is -2.50. The molecule has 0 saturated carbocycles. The second kappa shape index (κ2) is 14.2. The van der Waals surface area contributed by atoms with E-state index in [9.17, 15) is 14.4 Å². The lowest BCUT2D eigenvalue weighted by Gasteiger charge is -2.36. The summed E-state index contributed by atoms with van der Waals surface area (Å²) >= 11 is 0. The maximum Gasteiger partial charge on any atom is 0.303 e. The zero-order valence-corrected chi connectivity index (χ0v) is 26.8. The molecule has 238 valence electrons. The lowest BCUT2D eigenvalue weighted by molar-refractivity contribution is -0.141. The Balaban J connectivity index is 1.52. The molecule has 0 bridgehead atoms. The van der Waals surface area contributed by atoms with Crippen LogP contribution in [-0.4, -0.2) is 96.0 Å². The number of amides is 2. The van der Waals surface area contributed by atoms with Gasteiger partial charge in [0.25, 0.3) is 5.91 Å². The van der Waals surface area contributed by atoms with Crippen molar-refractivity contribution in [1.82, 2.24) is 14.7 Å². The van der Waals surface area contributed by atoms with Crippen molar-refractivity contribution in [2.75, 3.05) is 57.3 Å². The molecule has 9 heteroatoms. The molecule has 1 N–H and O–H groups in total. The van der Waals surface area contributed by atoms with Gasteiger partial charge in [-0.1, -0.05) is 44.2 Å². The van der Waals surface area contributed by atoms with Crippen molar-refractivity contribution in [2.45, 2.75) is 46.6 Å². The van der Waals surface area contributed by atoms with Gasteiger partial charge in [0.05, 0.1) is 12.5 Å². The molecule has 0 aromatic heterocycles. The van der Waals surface area contributed by atoms with E-state index >= 15 is 0 Å². The summed E-state index contributed by atoms with van der Waals surface area (Å²) in [5.74, 6) is 0.303. The molecule has 1 saturated heterocycles. The van der Waals surface area contributed by atoms with E-state index in [-0.39, 0.29) is 30.7 Å². The Bertz CT molecular complexity index is 1530. The molecule has 1 fully saturated rings. The number of carbonyl (C=O) groups is 3. The quantitative estimate of drug-likeness (QED) is 0.380. The van der Waals surface area contributed by atoms with Crippen molar-refractivity contribution in [3.8, 4) is 5.75 Å². The van der Waals surface area contributed by atoms with Gasteiger partial charge < -0.3 is 24.5 Å². The summed E-state index contributed by atoms with van der Waals surface area (Å²) in [5, 5.41) is 8.94. The van der Waals surface area contributed by atoms with E-state index in [1.807, 2.05) is 24.3 Å². The number of nitrogens with zero attached hydrogens (tertiary/aromatic N) is 4. The standard InChI is InChI=1S/C36H44N4O5/c1-5-37(6-2)25-13-15-29-31(23-25)45-32-24-26(38(7-3)8-4)14-16-30(32)35(29)27-11-9-10-12-28(27)36(44)40-21-19-39(20-22-40)33(41)17-18-34(42)43/h9-16,23-25H,5-8,17-22H2,1-4H3,(H,42,43). The summed E-state index contributed by atoms with van der Waals surface area (Å²) < 4.78 is 6.65. The molecule has 0 spiro atoms. The monoisotopic (exact) mass is 612 g/mol. The normalized spacial score (nSPS) is 17.4.